The summed E-state index contributed by atoms with van der Waals surface area (Å²) in [5, 5.41) is 5.48. The number of rotatable bonds is 8. The van der Waals surface area contributed by atoms with Crippen molar-refractivity contribution < 1.29 is 18.7 Å². The summed E-state index contributed by atoms with van der Waals surface area (Å²) in [6, 6.07) is 13.1. The number of benzene rings is 2. The molecular formula is C22H26FN3O3. The number of halogens is 1. The van der Waals surface area contributed by atoms with Gasteiger partial charge < -0.3 is 15.4 Å². The molecule has 3 rings (SSSR count). The number of carbonyl (C=O) groups is 2. The summed E-state index contributed by atoms with van der Waals surface area (Å²) in [4.78, 5) is 26.7. The predicted molar refractivity (Wildman–Crippen MR) is 108 cm³/mol. The molecular weight excluding hydrogens is 373 g/mol. The van der Waals surface area contributed by atoms with Gasteiger partial charge in [-0.2, -0.15) is 0 Å². The maximum absolute atomic E-state index is 12.9. The molecule has 1 aliphatic heterocycles. The van der Waals surface area contributed by atoms with Crippen LogP contribution in [0.15, 0.2) is 48.5 Å². The van der Waals surface area contributed by atoms with Crippen LogP contribution >= 0.6 is 0 Å². The highest BCUT2D eigenvalue weighted by Gasteiger charge is 2.24. The first kappa shape index (κ1) is 20.8. The molecule has 1 atom stereocenters. The Bertz CT molecular complexity index is 818. The Morgan fingerprint density at radius 2 is 1.69 bits per heavy atom. The maximum Gasteiger partial charge on any atom is 0.251 e. The second-order valence-corrected chi connectivity index (χ2v) is 7.03. The highest BCUT2D eigenvalue weighted by Crippen LogP contribution is 2.26. The Balaban J connectivity index is 1.54. The van der Waals surface area contributed by atoms with Gasteiger partial charge in [-0.25, -0.2) is 4.39 Å². The largest absolute Gasteiger partial charge is 0.497 e. The average molecular weight is 399 g/mol. The van der Waals surface area contributed by atoms with Crippen molar-refractivity contribution in [2.45, 2.75) is 18.9 Å². The number of methoxy groups -OCH3 is 1. The van der Waals surface area contributed by atoms with Crippen LogP contribution < -0.4 is 15.4 Å². The van der Waals surface area contributed by atoms with Gasteiger partial charge in [-0.15, -0.1) is 0 Å². The average Bonchev–Trinajstić information content (AvgIpc) is 3.27. The first-order valence-electron chi connectivity index (χ1n) is 9.75. The molecule has 0 bridgehead atoms. The van der Waals surface area contributed by atoms with E-state index >= 15 is 0 Å². The summed E-state index contributed by atoms with van der Waals surface area (Å²) in [6.45, 7) is 2.31. The molecule has 1 heterocycles. The molecule has 0 saturated carbocycles. The van der Waals surface area contributed by atoms with Gasteiger partial charge in [-0.3, -0.25) is 14.5 Å². The Kier molecular flexibility index (Phi) is 7.19. The van der Waals surface area contributed by atoms with Crippen LogP contribution in [-0.4, -0.2) is 50.0 Å². The predicted octanol–water partition coefficient (Wildman–Crippen LogP) is 2.52. The highest BCUT2D eigenvalue weighted by atomic mass is 19.1. The van der Waals surface area contributed by atoms with Crippen LogP contribution in [0.4, 0.5) is 4.39 Å². The van der Waals surface area contributed by atoms with Gasteiger partial charge >= 0.3 is 0 Å². The van der Waals surface area contributed by atoms with Gasteiger partial charge in [0.2, 0.25) is 5.91 Å². The zero-order valence-electron chi connectivity index (χ0n) is 16.5. The molecule has 2 N–H and O–H groups in total. The number of ether oxygens (including phenoxy) is 1. The van der Waals surface area contributed by atoms with E-state index in [1.807, 2.05) is 24.3 Å². The third-order valence-electron chi connectivity index (χ3n) is 5.09. The number of nitrogens with one attached hydrogen (secondary N) is 2. The number of hydrogen-bond donors (Lipinski definition) is 2. The molecule has 6 nitrogen and oxygen atoms in total. The fourth-order valence-electron chi connectivity index (χ4n) is 3.47. The van der Waals surface area contributed by atoms with Crippen molar-refractivity contribution in [3.63, 3.8) is 0 Å². The lowest BCUT2D eigenvalue weighted by Gasteiger charge is -2.28. The molecule has 0 unspecified atom stereocenters. The third kappa shape index (κ3) is 5.77. The Morgan fingerprint density at radius 1 is 1.03 bits per heavy atom. The first-order valence-corrected chi connectivity index (χ1v) is 9.75. The minimum Gasteiger partial charge on any atom is -0.497 e. The fourth-order valence-corrected chi connectivity index (χ4v) is 3.47. The Labute approximate surface area is 170 Å². The molecule has 0 aromatic heterocycles. The van der Waals surface area contributed by atoms with Crippen LogP contribution in [0.25, 0.3) is 0 Å². The first-order chi connectivity index (χ1) is 14.1. The lowest BCUT2D eigenvalue weighted by molar-refractivity contribution is -0.120. The van der Waals surface area contributed by atoms with E-state index in [4.69, 9.17) is 4.74 Å². The van der Waals surface area contributed by atoms with Gasteiger partial charge in [0, 0.05) is 12.1 Å². The van der Waals surface area contributed by atoms with Crippen LogP contribution in [0.5, 0.6) is 5.75 Å². The van der Waals surface area contributed by atoms with Crippen molar-refractivity contribution in [1.82, 2.24) is 15.5 Å². The van der Waals surface area contributed by atoms with Gasteiger partial charge in [-0.1, -0.05) is 12.1 Å². The zero-order valence-corrected chi connectivity index (χ0v) is 16.5. The van der Waals surface area contributed by atoms with E-state index in [0.29, 0.717) is 12.1 Å². The van der Waals surface area contributed by atoms with E-state index in [1.54, 1.807) is 7.11 Å². The van der Waals surface area contributed by atoms with Crippen molar-refractivity contribution in [2.75, 3.05) is 33.3 Å². The van der Waals surface area contributed by atoms with Crippen molar-refractivity contribution in [1.29, 1.82) is 0 Å². The summed E-state index contributed by atoms with van der Waals surface area (Å²) in [6.07, 6.45) is 2.29. The van der Waals surface area contributed by atoms with Crippen molar-refractivity contribution in [3.05, 3.63) is 65.5 Å². The molecule has 1 fully saturated rings. The van der Waals surface area contributed by atoms with Gasteiger partial charge in [0.15, 0.2) is 0 Å². The molecule has 2 aromatic rings. The second-order valence-electron chi connectivity index (χ2n) is 7.03. The lowest BCUT2D eigenvalue weighted by atomic mass is 10.1. The maximum atomic E-state index is 12.9. The monoisotopic (exact) mass is 399 g/mol. The zero-order chi connectivity index (χ0) is 20.6. The summed E-state index contributed by atoms with van der Waals surface area (Å²) < 4.78 is 18.2. The standard InChI is InChI=1S/C22H26FN3O3/c1-29-19-10-6-16(7-11-19)20(26-12-2-3-13-26)14-24-21(27)15-25-22(28)17-4-8-18(23)9-5-17/h4-11,20H,2-3,12-15H2,1H3,(H,24,27)(H,25,28)/t20-/m0/s1. The summed E-state index contributed by atoms with van der Waals surface area (Å²) in [5.41, 5.74) is 1.43. The van der Waals surface area contributed by atoms with E-state index in [2.05, 4.69) is 15.5 Å². The topological polar surface area (TPSA) is 70.7 Å². The fraction of sp³-hybridized carbons (Fsp3) is 0.364. The normalized spacial score (nSPS) is 15.0. The van der Waals surface area contributed by atoms with Crippen LogP contribution in [0.3, 0.4) is 0 Å². The Hall–Kier alpha value is -2.93. The lowest BCUT2D eigenvalue weighted by Crippen LogP contribution is -2.41. The molecule has 7 heteroatoms. The van der Waals surface area contributed by atoms with Crippen molar-refractivity contribution in [2.24, 2.45) is 0 Å². The van der Waals surface area contributed by atoms with Crippen LogP contribution in [0.2, 0.25) is 0 Å². The Morgan fingerprint density at radius 3 is 2.31 bits per heavy atom. The number of hydrogen-bond acceptors (Lipinski definition) is 4. The summed E-state index contributed by atoms with van der Waals surface area (Å²) in [5.74, 6) is -0.295. The van der Waals surface area contributed by atoms with Crippen molar-refractivity contribution in [3.8, 4) is 5.75 Å². The number of amides is 2. The molecule has 2 amide bonds. The number of carbonyl (C=O) groups excluding carboxylic acids is 2. The molecule has 1 aliphatic rings. The molecule has 0 radical (unpaired) electrons. The van der Waals surface area contributed by atoms with E-state index in [9.17, 15) is 14.0 Å². The van der Waals surface area contributed by atoms with E-state index < -0.39 is 11.7 Å². The van der Waals surface area contributed by atoms with Gasteiger partial charge in [0.05, 0.1) is 19.7 Å². The molecule has 0 aliphatic carbocycles. The molecule has 154 valence electrons. The second kappa shape index (κ2) is 10.0. The molecule has 0 spiro atoms. The van der Waals surface area contributed by atoms with Crippen LogP contribution in [0.1, 0.15) is 34.8 Å². The quantitative estimate of drug-likeness (QED) is 0.716. The highest BCUT2D eigenvalue weighted by molar-refractivity contribution is 5.96. The summed E-state index contributed by atoms with van der Waals surface area (Å²) in [7, 11) is 1.63. The number of nitrogens with zero attached hydrogens (tertiary/aromatic N) is 1. The minimum absolute atomic E-state index is 0.0696. The number of likely N-dealkylation sites (tertiary alicyclic amines) is 1. The third-order valence-corrected chi connectivity index (χ3v) is 5.09. The summed E-state index contributed by atoms with van der Waals surface area (Å²) >= 11 is 0. The van der Waals surface area contributed by atoms with Crippen LogP contribution in [-0.2, 0) is 4.79 Å². The SMILES string of the molecule is COc1ccc([C@H](CNC(=O)CNC(=O)c2ccc(F)cc2)N2CCCC2)cc1. The van der Waals surface area contributed by atoms with E-state index in [-0.39, 0.29) is 18.5 Å². The van der Waals surface area contributed by atoms with E-state index in [0.717, 1.165) is 37.2 Å². The van der Waals surface area contributed by atoms with Crippen molar-refractivity contribution >= 4 is 11.8 Å². The minimum atomic E-state index is -0.411. The van der Waals surface area contributed by atoms with Gasteiger partial charge in [0.25, 0.3) is 5.91 Å². The molecule has 29 heavy (non-hydrogen) atoms. The van der Waals surface area contributed by atoms with Gasteiger partial charge in [0.1, 0.15) is 11.6 Å². The smallest absolute Gasteiger partial charge is 0.251 e. The molecule has 1 saturated heterocycles. The van der Waals surface area contributed by atoms with Gasteiger partial charge in [-0.05, 0) is 67.9 Å². The van der Waals surface area contributed by atoms with E-state index in [1.165, 1.54) is 24.3 Å². The van der Waals surface area contributed by atoms with Crippen LogP contribution in [0, 0.1) is 5.82 Å². The molecule has 2 aromatic carbocycles.